The van der Waals surface area contributed by atoms with Gasteiger partial charge in [-0.25, -0.2) is 0 Å². The molecule has 2 unspecified atom stereocenters. The quantitative estimate of drug-likeness (QED) is 0.868. The maximum atomic E-state index is 10.5. The van der Waals surface area contributed by atoms with Gasteiger partial charge in [-0.1, -0.05) is 41.9 Å². The van der Waals surface area contributed by atoms with Crippen LogP contribution in [0.2, 0.25) is 5.02 Å². The second kappa shape index (κ2) is 5.25. The third kappa shape index (κ3) is 2.43. The van der Waals surface area contributed by atoms with Crippen LogP contribution in [0.25, 0.3) is 0 Å². The summed E-state index contributed by atoms with van der Waals surface area (Å²) in [6.07, 6.45) is -0.603. The predicted molar refractivity (Wildman–Crippen MR) is 80.1 cm³/mol. The molecule has 0 saturated heterocycles. The number of nitrogens with one attached hydrogen (secondary N) is 1. The minimum atomic E-state index is -0.603. The topological polar surface area (TPSA) is 32.3 Å². The third-order valence-electron chi connectivity index (χ3n) is 3.50. The molecule has 0 saturated carbocycles. The largest absolute Gasteiger partial charge is 0.386 e. The number of aliphatic hydroxyl groups is 1. The summed E-state index contributed by atoms with van der Waals surface area (Å²) in [5.74, 6) is 0. The molecule has 1 aliphatic rings. The van der Waals surface area contributed by atoms with E-state index in [0.29, 0.717) is 5.02 Å². The number of hydrogen-bond acceptors (Lipinski definition) is 2. The summed E-state index contributed by atoms with van der Waals surface area (Å²) in [6.45, 7) is 0.794. The van der Waals surface area contributed by atoms with Crippen molar-refractivity contribution in [2.75, 3.05) is 0 Å². The Bertz CT molecular complexity index is 617. The highest BCUT2D eigenvalue weighted by Gasteiger charge is 2.28. The fraction of sp³-hybridized carbons (Fsp3) is 0.200. The minimum Gasteiger partial charge on any atom is -0.386 e. The zero-order chi connectivity index (χ0) is 13.4. The number of rotatable bonds is 2. The van der Waals surface area contributed by atoms with Crippen LogP contribution >= 0.6 is 27.5 Å². The molecular weight excluding hydrogens is 326 g/mol. The predicted octanol–water partition coefficient (Wildman–Crippen LogP) is 3.98. The summed E-state index contributed by atoms with van der Waals surface area (Å²) < 4.78 is 0.838. The van der Waals surface area contributed by atoms with Gasteiger partial charge >= 0.3 is 0 Å². The Morgan fingerprint density at radius 2 is 2.05 bits per heavy atom. The van der Waals surface area contributed by atoms with E-state index >= 15 is 0 Å². The molecule has 98 valence electrons. The van der Waals surface area contributed by atoms with Gasteiger partial charge in [0.05, 0.1) is 17.2 Å². The van der Waals surface area contributed by atoms with E-state index in [2.05, 4.69) is 33.4 Å². The smallest absolute Gasteiger partial charge is 0.0985 e. The van der Waals surface area contributed by atoms with E-state index in [0.717, 1.165) is 22.1 Å². The normalized spacial score (nSPS) is 19.2. The highest BCUT2D eigenvalue weighted by Crippen LogP contribution is 2.36. The third-order valence-corrected chi connectivity index (χ3v) is 4.74. The van der Waals surface area contributed by atoms with Crippen LogP contribution in [0.5, 0.6) is 0 Å². The van der Waals surface area contributed by atoms with Gasteiger partial charge in [0.15, 0.2) is 0 Å². The highest BCUT2D eigenvalue weighted by molar-refractivity contribution is 9.10. The van der Waals surface area contributed by atoms with Crippen molar-refractivity contribution in [3.05, 3.63) is 68.7 Å². The van der Waals surface area contributed by atoms with Crippen molar-refractivity contribution in [1.82, 2.24) is 5.32 Å². The molecule has 0 aromatic heterocycles. The molecule has 0 aliphatic carbocycles. The standard InChI is InChI=1S/C15H13BrClNO/c16-12-6-5-9(7-13(12)17)15(19)14-11-4-2-1-3-10(11)8-18-14/h1-7,14-15,18-19H,8H2. The average molecular weight is 339 g/mol. The average Bonchev–Trinajstić information content (AvgIpc) is 2.85. The SMILES string of the molecule is OC(c1ccc(Br)c(Cl)c1)C1NCc2ccccc21. The molecule has 19 heavy (non-hydrogen) atoms. The molecule has 0 amide bonds. The molecule has 2 aromatic carbocycles. The van der Waals surface area contributed by atoms with Crippen LogP contribution in [0.1, 0.15) is 28.8 Å². The fourth-order valence-corrected chi connectivity index (χ4v) is 2.93. The molecule has 0 bridgehead atoms. The first-order chi connectivity index (χ1) is 9.16. The number of halogens is 2. The van der Waals surface area contributed by atoms with Gasteiger partial charge in [0.2, 0.25) is 0 Å². The Morgan fingerprint density at radius 3 is 2.84 bits per heavy atom. The Hall–Kier alpha value is -0.870. The van der Waals surface area contributed by atoms with Crippen LogP contribution in [0.3, 0.4) is 0 Å². The van der Waals surface area contributed by atoms with Crippen LogP contribution in [-0.4, -0.2) is 5.11 Å². The van der Waals surface area contributed by atoms with E-state index in [4.69, 9.17) is 11.6 Å². The highest BCUT2D eigenvalue weighted by atomic mass is 79.9. The van der Waals surface area contributed by atoms with E-state index in [9.17, 15) is 5.11 Å². The van der Waals surface area contributed by atoms with Crippen molar-refractivity contribution in [3.63, 3.8) is 0 Å². The monoisotopic (exact) mass is 337 g/mol. The van der Waals surface area contributed by atoms with Crippen molar-refractivity contribution >= 4 is 27.5 Å². The van der Waals surface area contributed by atoms with Gasteiger partial charge in [-0.15, -0.1) is 0 Å². The molecule has 2 aromatic rings. The first kappa shape index (κ1) is 13.1. The maximum absolute atomic E-state index is 10.5. The molecule has 2 nitrogen and oxygen atoms in total. The van der Waals surface area contributed by atoms with Crippen LogP contribution in [-0.2, 0) is 6.54 Å². The van der Waals surface area contributed by atoms with Gasteiger partial charge < -0.3 is 10.4 Å². The van der Waals surface area contributed by atoms with Gasteiger partial charge in [-0.2, -0.15) is 0 Å². The summed E-state index contributed by atoms with van der Waals surface area (Å²) in [7, 11) is 0. The van der Waals surface area contributed by atoms with Gasteiger partial charge in [0.1, 0.15) is 0 Å². The van der Waals surface area contributed by atoms with Crippen molar-refractivity contribution in [2.24, 2.45) is 0 Å². The molecule has 3 rings (SSSR count). The Balaban J connectivity index is 1.93. The fourth-order valence-electron chi connectivity index (χ4n) is 2.50. The van der Waals surface area contributed by atoms with E-state index < -0.39 is 6.10 Å². The lowest BCUT2D eigenvalue weighted by Gasteiger charge is -2.20. The van der Waals surface area contributed by atoms with Crippen LogP contribution in [0.4, 0.5) is 0 Å². The number of hydrogen-bond donors (Lipinski definition) is 2. The molecule has 0 radical (unpaired) electrons. The van der Waals surface area contributed by atoms with Gasteiger partial charge in [0.25, 0.3) is 0 Å². The first-order valence-electron chi connectivity index (χ1n) is 6.11. The van der Waals surface area contributed by atoms with E-state index in [1.54, 1.807) is 6.07 Å². The first-order valence-corrected chi connectivity index (χ1v) is 7.28. The number of benzene rings is 2. The van der Waals surface area contributed by atoms with E-state index in [1.807, 2.05) is 24.3 Å². The minimum absolute atomic E-state index is 0.0755. The molecular formula is C15H13BrClNO. The summed E-state index contributed by atoms with van der Waals surface area (Å²) >= 11 is 9.45. The number of fused-ring (bicyclic) bond motifs is 1. The molecule has 1 aliphatic heterocycles. The second-order valence-electron chi connectivity index (χ2n) is 4.68. The van der Waals surface area contributed by atoms with Crippen LogP contribution < -0.4 is 5.32 Å². The number of aliphatic hydroxyl groups excluding tert-OH is 1. The lowest BCUT2D eigenvalue weighted by Crippen LogP contribution is -2.20. The van der Waals surface area contributed by atoms with Crippen LogP contribution in [0, 0.1) is 0 Å². The summed E-state index contributed by atoms with van der Waals surface area (Å²) in [4.78, 5) is 0. The van der Waals surface area contributed by atoms with Crippen molar-refractivity contribution in [1.29, 1.82) is 0 Å². The zero-order valence-electron chi connectivity index (χ0n) is 10.1. The van der Waals surface area contributed by atoms with Gasteiger partial charge in [-0.05, 0) is 44.8 Å². The molecule has 2 atom stereocenters. The lowest BCUT2D eigenvalue weighted by atomic mass is 9.96. The molecule has 0 fully saturated rings. The molecule has 1 heterocycles. The van der Waals surface area contributed by atoms with Crippen LogP contribution in [0.15, 0.2) is 46.9 Å². The molecule has 4 heteroatoms. The zero-order valence-corrected chi connectivity index (χ0v) is 12.4. The summed E-state index contributed by atoms with van der Waals surface area (Å²) in [6, 6.07) is 13.6. The Labute approximate surface area is 125 Å². The lowest BCUT2D eigenvalue weighted by molar-refractivity contribution is 0.133. The van der Waals surface area contributed by atoms with Gasteiger partial charge in [-0.3, -0.25) is 0 Å². The van der Waals surface area contributed by atoms with Gasteiger partial charge in [0, 0.05) is 11.0 Å². The maximum Gasteiger partial charge on any atom is 0.0985 e. The van der Waals surface area contributed by atoms with Crippen molar-refractivity contribution in [2.45, 2.75) is 18.7 Å². The summed E-state index contributed by atoms with van der Waals surface area (Å²) in [5.41, 5.74) is 3.23. The van der Waals surface area contributed by atoms with Crippen molar-refractivity contribution in [3.8, 4) is 0 Å². The molecule has 2 N–H and O–H groups in total. The molecule has 0 spiro atoms. The van der Waals surface area contributed by atoms with E-state index in [-0.39, 0.29) is 6.04 Å². The van der Waals surface area contributed by atoms with E-state index in [1.165, 1.54) is 5.56 Å². The summed E-state index contributed by atoms with van der Waals surface area (Å²) in [5, 5.41) is 14.5. The Kier molecular flexibility index (Phi) is 3.63. The van der Waals surface area contributed by atoms with Crippen molar-refractivity contribution < 1.29 is 5.11 Å². The Morgan fingerprint density at radius 1 is 1.26 bits per heavy atom. The second-order valence-corrected chi connectivity index (χ2v) is 5.94.